The molecule has 1 aromatic rings. The fraction of sp³-hybridized carbons (Fsp3) is 0.600. The molecular formula is C20H29BO5. The van der Waals surface area contributed by atoms with Gasteiger partial charge in [0.25, 0.3) is 0 Å². The van der Waals surface area contributed by atoms with Gasteiger partial charge < -0.3 is 14.4 Å². The molecule has 142 valence electrons. The largest absolute Gasteiger partial charge is 0.535 e. The van der Waals surface area contributed by atoms with E-state index in [0.717, 1.165) is 37.7 Å². The molecule has 0 aliphatic carbocycles. The van der Waals surface area contributed by atoms with Crippen molar-refractivity contribution >= 4 is 18.9 Å². The number of hydrogen-bond donors (Lipinski definition) is 1. The first-order valence-corrected chi connectivity index (χ1v) is 9.72. The molecule has 0 amide bonds. The van der Waals surface area contributed by atoms with Gasteiger partial charge in [0.2, 0.25) is 0 Å². The molecule has 1 aliphatic heterocycles. The first-order chi connectivity index (χ1) is 12.6. The van der Waals surface area contributed by atoms with Crippen molar-refractivity contribution in [3.05, 3.63) is 29.3 Å². The number of carbonyl (C=O) groups excluding carboxylic acids is 2. The van der Waals surface area contributed by atoms with Crippen LogP contribution in [-0.4, -0.2) is 30.5 Å². The summed E-state index contributed by atoms with van der Waals surface area (Å²) in [5, 5.41) is 10.3. The summed E-state index contributed by atoms with van der Waals surface area (Å²) in [6, 6.07) is 5.32. The molecule has 1 atom stereocenters. The maximum absolute atomic E-state index is 12.3. The standard InChI is InChI=1S/C20H29BO5/c1-3-5-7-12-25-20(23)18-11-8-9-15-13-16(21(24)26-19(15)18)14-17(22)10-6-4-2/h8-9,11,16,24H,3-7,10,12-14H2,1-2H3/t16-/m1/s1. The summed E-state index contributed by atoms with van der Waals surface area (Å²) < 4.78 is 10.9. The molecule has 0 aromatic heterocycles. The van der Waals surface area contributed by atoms with E-state index in [-0.39, 0.29) is 11.6 Å². The second kappa shape index (κ2) is 10.4. The lowest BCUT2D eigenvalue weighted by Crippen LogP contribution is -2.36. The Hall–Kier alpha value is -1.82. The van der Waals surface area contributed by atoms with Gasteiger partial charge in [-0.05, 0) is 30.9 Å². The van der Waals surface area contributed by atoms with E-state index in [4.69, 9.17) is 9.39 Å². The Morgan fingerprint density at radius 3 is 2.73 bits per heavy atom. The fourth-order valence-corrected chi connectivity index (χ4v) is 3.18. The summed E-state index contributed by atoms with van der Waals surface area (Å²) >= 11 is 0. The summed E-state index contributed by atoms with van der Waals surface area (Å²) in [7, 11) is -1.08. The van der Waals surface area contributed by atoms with E-state index >= 15 is 0 Å². The molecule has 0 unspecified atom stereocenters. The molecule has 0 saturated carbocycles. The van der Waals surface area contributed by atoms with E-state index < -0.39 is 13.1 Å². The number of rotatable bonds is 10. The van der Waals surface area contributed by atoms with E-state index in [1.807, 2.05) is 13.0 Å². The van der Waals surface area contributed by atoms with Crippen LogP contribution in [0, 0.1) is 0 Å². The van der Waals surface area contributed by atoms with Crippen molar-refractivity contribution in [2.45, 2.75) is 71.0 Å². The molecule has 2 rings (SSSR count). The Bertz CT molecular complexity index is 616. The quantitative estimate of drug-likeness (QED) is 0.388. The number of esters is 1. The third-order valence-corrected chi connectivity index (χ3v) is 4.72. The van der Waals surface area contributed by atoms with Crippen LogP contribution in [0.25, 0.3) is 0 Å². The Labute approximate surface area is 156 Å². The fourth-order valence-electron chi connectivity index (χ4n) is 3.18. The first kappa shape index (κ1) is 20.5. The number of Topliss-reactive ketones (excluding diaryl/α,β-unsaturated/α-hetero) is 1. The number of unbranched alkanes of at least 4 members (excludes halogenated alkanes) is 3. The topological polar surface area (TPSA) is 72.8 Å². The Morgan fingerprint density at radius 1 is 1.23 bits per heavy atom. The zero-order chi connectivity index (χ0) is 18.9. The first-order valence-electron chi connectivity index (χ1n) is 9.72. The molecule has 1 aliphatic rings. The lowest BCUT2D eigenvalue weighted by molar-refractivity contribution is -0.119. The SMILES string of the molecule is CCCCCOC(=O)c1cccc2c1OB(O)[C@@H](CC(=O)CCCC)C2. The van der Waals surface area contributed by atoms with Crippen LogP contribution in [-0.2, 0) is 16.0 Å². The minimum absolute atomic E-state index is 0.148. The second-order valence-electron chi connectivity index (χ2n) is 6.96. The highest BCUT2D eigenvalue weighted by molar-refractivity contribution is 6.47. The highest BCUT2D eigenvalue weighted by Crippen LogP contribution is 2.36. The Morgan fingerprint density at radius 2 is 2.00 bits per heavy atom. The van der Waals surface area contributed by atoms with E-state index in [9.17, 15) is 14.6 Å². The van der Waals surface area contributed by atoms with Crippen LogP contribution in [0.5, 0.6) is 5.75 Å². The van der Waals surface area contributed by atoms with Crippen molar-refractivity contribution in [1.82, 2.24) is 0 Å². The van der Waals surface area contributed by atoms with Crippen LogP contribution in [0.2, 0.25) is 5.82 Å². The number of ketones is 1. The molecule has 0 saturated heterocycles. The van der Waals surface area contributed by atoms with Gasteiger partial charge in [0.1, 0.15) is 17.1 Å². The van der Waals surface area contributed by atoms with Crippen LogP contribution >= 0.6 is 0 Å². The maximum atomic E-state index is 12.3. The number of benzene rings is 1. The Balaban J connectivity index is 2.03. The second-order valence-corrected chi connectivity index (χ2v) is 6.96. The van der Waals surface area contributed by atoms with Crippen molar-refractivity contribution in [3.63, 3.8) is 0 Å². The van der Waals surface area contributed by atoms with Crippen molar-refractivity contribution in [2.75, 3.05) is 6.61 Å². The normalized spacial score (nSPS) is 16.0. The zero-order valence-electron chi connectivity index (χ0n) is 15.8. The predicted octanol–water partition coefficient (Wildman–Crippen LogP) is 3.97. The van der Waals surface area contributed by atoms with E-state index in [1.165, 1.54) is 0 Å². The monoisotopic (exact) mass is 360 g/mol. The van der Waals surface area contributed by atoms with Gasteiger partial charge in [0.05, 0.1) is 6.61 Å². The number of fused-ring (bicyclic) bond motifs is 1. The van der Waals surface area contributed by atoms with Gasteiger partial charge in [-0.1, -0.05) is 45.2 Å². The van der Waals surface area contributed by atoms with Crippen molar-refractivity contribution in [3.8, 4) is 5.75 Å². The van der Waals surface area contributed by atoms with Crippen LogP contribution in [0.1, 0.15) is 74.7 Å². The summed E-state index contributed by atoms with van der Waals surface area (Å²) in [6.07, 6.45) is 6.11. The number of hydrogen-bond acceptors (Lipinski definition) is 5. The average Bonchev–Trinajstić information content (AvgIpc) is 2.63. The number of carbonyl (C=O) groups is 2. The lowest BCUT2D eigenvalue weighted by Gasteiger charge is -2.28. The molecule has 1 heterocycles. The highest BCUT2D eigenvalue weighted by Gasteiger charge is 2.37. The van der Waals surface area contributed by atoms with Gasteiger partial charge in [0, 0.05) is 18.7 Å². The number of para-hydroxylation sites is 1. The summed E-state index contributed by atoms with van der Waals surface area (Å²) in [5.74, 6) is -0.169. The molecule has 0 fully saturated rings. The molecule has 5 nitrogen and oxygen atoms in total. The molecule has 6 heteroatoms. The molecule has 0 radical (unpaired) electrons. The average molecular weight is 360 g/mol. The summed E-state index contributed by atoms with van der Waals surface area (Å²) in [5.41, 5.74) is 1.18. The minimum Gasteiger partial charge on any atom is -0.535 e. The maximum Gasteiger partial charge on any atom is 0.526 e. The smallest absolute Gasteiger partial charge is 0.526 e. The van der Waals surface area contributed by atoms with Crippen LogP contribution in [0.4, 0.5) is 0 Å². The highest BCUT2D eigenvalue weighted by atomic mass is 16.5. The third-order valence-electron chi connectivity index (χ3n) is 4.72. The lowest BCUT2D eigenvalue weighted by atomic mass is 9.64. The molecule has 0 bridgehead atoms. The van der Waals surface area contributed by atoms with E-state index in [0.29, 0.717) is 37.2 Å². The Kier molecular flexibility index (Phi) is 8.17. The molecule has 1 N–H and O–H groups in total. The van der Waals surface area contributed by atoms with Crippen LogP contribution < -0.4 is 4.65 Å². The molecule has 0 spiro atoms. The molecule has 1 aromatic carbocycles. The van der Waals surface area contributed by atoms with Gasteiger partial charge in [-0.3, -0.25) is 4.79 Å². The van der Waals surface area contributed by atoms with Gasteiger partial charge in [-0.2, -0.15) is 0 Å². The van der Waals surface area contributed by atoms with Crippen LogP contribution in [0.15, 0.2) is 18.2 Å². The number of ether oxygens (including phenoxy) is 1. The third kappa shape index (κ3) is 5.59. The minimum atomic E-state index is -1.08. The van der Waals surface area contributed by atoms with E-state index in [2.05, 4.69) is 6.92 Å². The van der Waals surface area contributed by atoms with E-state index in [1.54, 1.807) is 12.1 Å². The summed E-state index contributed by atoms with van der Waals surface area (Å²) in [6.45, 7) is 4.52. The zero-order valence-corrected chi connectivity index (χ0v) is 15.8. The van der Waals surface area contributed by atoms with Crippen molar-refractivity contribution in [2.24, 2.45) is 0 Å². The van der Waals surface area contributed by atoms with Gasteiger partial charge >= 0.3 is 13.1 Å². The van der Waals surface area contributed by atoms with Gasteiger partial charge in [-0.25, -0.2) is 4.79 Å². The van der Waals surface area contributed by atoms with Gasteiger partial charge in [0.15, 0.2) is 0 Å². The molecular weight excluding hydrogens is 331 g/mol. The summed E-state index contributed by atoms with van der Waals surface area (Å²) in [4.78, 5) is 24.4. The van der Waals surface area contributed by atoms with Crippen molar-refractivity contribution in [1.29, 1.82) is 0 Å². The molecule has 26 heavy (non-hydrogen) atoms. The van der Waals surface area contributed by atoms with Crippen LogP contribution in [0.3, 0.4) is 0 Å². The van der Waals surface area contributed by atoms with Crippen molar-refractivity contribution < 1.29 is 24.0 Å². The van der Waals surface area contributed by atoms with Gasteiger partial charge in [-0.15, -0.1) is 0 Å². The predicted molar refractivity (Wildman–Crippen MR) is 101 cm³/mol.